The van der Waals surface area contributed by atoms with Gasteiger partial charge in [-0.05, 0) is 30.2 Å². The largest absolute Gasteiger partial charge is 0.338 e. The smallest absolute Gasteiger partial charge is 0.273 e. The van der Waals surface area contributed by atoms with Crippen LogP contribution in [0.5, 0.6) is 0 Å². The van der Waals surface area contributed by atoms with E-state index in [9.17, 15) is 9.59 Å². The standard InChI is InChI=1S/C20H24N4O2/c21-9-12-24-17-8-11-23(13-15(17)5-6-18(24)25)20(26)19-16-4-2-1-3-14(16)7-10-22-19/h1-4,7,10,15,17H,5-6,8-9,11-13,21H2. The van der Waals surface area contributed by atoms with Gasteiger partial charge >= 0.3 is 0 Å². The number of nitrogens with zero attached hydrogens (tertiary/aromatic N) is 3. The van der Waals surface area contributed by atoms with Gasteiger partial charge in [0.1, 0.15) is 5.69 Å². The predicted molar refractivity (Wildman–Crippen MR) is 99.5 cm³/mol. The first-order chi connectivity index (χ1) is 12.7. The molecule has 4 rings (SSSR count). The lowest BCUT2D eigenvalue weighted by atomic mass is 9.83. The van der Waals surface area contributed by atoms with Crippen molar-refractivity contribution >= 4 is 22.6 Å². The van der Waals surface area contributed by atoms with E-state index in [1.807, 2.05) is 40.1 Å². The van der Waals surface area contributed by atoms with Crippen LogP contribution in [0.1, 0.15) is 29.8 Å². The molecule has 0 bridgehead atoms. The Hall–Kier alpha value is -2.47. The van der Waals surface area contributed by atoms with Crippen LogP contribution >= 0.6 is 0 Å². The molecule has 2 unspecified atom stereocenters. The van der Waals surface area contributed by atoms with E-state index >= 15 is 0 Å². The molecule has 1 aromatic carbocycles. The van der Waals surface area contributed by atoms with E-state index in [0.29, 0.717) is 44.2 Å². The Balaban J connectivity index is 1.55. The van der Waals surface area contributed by atoms with Gasteiger partial charge in [-0.1, -0.05) is 24.3 Å². The summed E-state index contributed by atoms with van der Waals surface area (Å²) in [6, 6.07) is 9.99. The molecule has 0 aliphatic carbocycles. The second-order valence-electron chi connectivity index (χ2n) is 7.16. The quantitative estimate of drug-likeness (QED) is 0.911. The molecule has 2 atom stereocenters. The highest BCUT2D eigenvalue weighted by molar-refractivity contribution is 6.05. The van der Waals surface area contributed by atoms with Crippen LogP contribution in [0, 0.1) is 5.92 Å². The summed E-state index contributed by atoms with van der Waals surface area (Å²) in [5, 5.41) is 1.92. The molecular weight excluding hydrogens is 328 g/mol. The Morgan fingerprint density at radius 1 is 1.23 bits per heavy atom. The van der Waals surface area contributed by atoms with Gasteiger partial charge in [0.05, 0.1) is 0 Å². The summed E-state index contributed by atoms with van der Waals surface area (Å²) < 4.78 is 0. The SMILES string of the molecule is NCCN1C(=O)CCC2CN(C(=O)c3nccc4ccccc34)CCC21. The molecule has 0 spiro atoms. The van der Waals surface area contributed by atoms with Crippen molar-refractivity contribution in [3.8, 4) is 0 Å². The number of nitrogens with two attached hydrogens (primary N) is 1. The fourth-order valence-electron chi connectivity index (χ4n) is 4.41. The molecule has 2 fully saturated rings. The minimum absolute atomic E-state index is 0.0116. The topological polar surface area (TPSA) is 79.5 Å². The summed E-state index contributed by atoms with van der Waals surface area (Å²) in [6.07, 6.45) is 3.91. The van der Waals surface area contributed by atoms with E-state index < -0.39 is 0 Å². The van der Waals surface area contributed by atoms with Crippen LogP contribution in [-0.2, 0) is 4.79 Å². The predicted octanol–water partition coefficient (Wildman–Crippen LogP) is 1.65. The van der Waals surface area contributed by atoms with Gasteiger partial charge in [-0.15, -0.1) is 0 Å². The molecular formula is C20H24N4O2. The van der Waals surface area contributed by atoms with Crippen LogP contribution in [0.4, 0.5) is 0 Å². The lowest BCUT2D eigenvalue weighted by Gasteiger charge is -2.47. The number of hydrogen-bond acceptors (Lipinski definition) is 4. The normalized spacial score (nSPS) is 23.2. The highest BCUT2D eigenvalue weighted by atomic mass is 16.2. The number of piperidine rings is 2. The molecule has 2 aliphatic heterocycles. The van der Waals surface area contributed by atoms with E-state index in [1.54, 1.807) is 6.20 Å². The second-order valence-corrected chi connectivity index (χ2v) is 7.16. The molecule has 6 nitrogen and oxygen atoms in total. The average Bonchev–Trinajstić information content (AvgIpc) is 2.69. The van der Waals surface area contributed by atoms with Gasteiger partial charge in [-0.2, -0.15) is 0 Å². The number of fused-ring (bicyclic) bond motifs is 2. The van der Waals surface area contributed by atoms with Crippen molar-refractivity contribution in [2.45, 2.75) is 25.3 Å². The fraction of sp³-hybridized carbons (Fsp3) is 0.450. The van der Waals surface area contributed by atoms with Gasteiger partial charge in [-0.25, -0.2) is 0 Å². The number of hydrogen-bond donors (Lipinski definition) is 1. The number of aromatic nitrogens is 1. The summed E-state index contributed by atoms with van der Waals surface area (Å²) in [5.41, 5.74) is 6.20. The second kappa shape index (κ2) is 7.03. The van der Waals surface area contributed by atoms with Crippen molar-refractivity contribution < 1.29 is 9.59 Å². The summed E-state index contributed by atoms with van der Waals surface area (Å²) in [4.78, 5) is 33.5. The number of carbonyl (C=O) groups excluding carboxylic acids is 2. The lowest BCUT2D eigenvalue weighted by Crippen LogP contribution is -2.57. The van der Waals surface area contributed by atoms with Gasteiger partial charge in [0, 0.05) is 50.2 Å². The van der Waals surface area contributed by atoms with Crippen LogP contribution in [0.3, 0.4) is 0 Å². The Bertz CT molecular complexity index is 832. The van der Waals surface area contributed by atoms with Crippen LogP contribution in [0.25, 0.3) is 10.8 Å². The molecule has 26 heavy (non-hydrogen) atoms. The summed E-state index contributed by atoms with van der Waals surface area (Å²) in [6.45, 7) is 2.43. The molecule has 2 saturated heterocycles. The zero-order chi connectivity index (χ0) is 18.1. The Kier molecular flexibility index (Phi) is 4.59. The Morgan fingerprint density at radius 2 is 2.08 bits per heavy atom. The molecule has 2 aliphatic rings. The van der Waals surface area contributed by atoms with E-state index in [-0.39, 0.29) is 17.9 Å². The third-order valence-electron chi connectivity index (χ3n) is 5.68. The van der Waals surface area contributed by atoms with Gasteiger partial charge in [0.2, 0.25) is 5.91 Å². The number of carbonyl (C=O) groups is 2. The van der Waals surface area contributed by atoms with Crippen LogP contribution in [0.15, 0.2) is 36.5 Å². The Labute approximate surface area is 153 Å². The van der Waals surface area contributed by atoms with E-state index in [2.05, 4.69) is 4.98 Å². The average molecular weight is 352 g/mol. The van der Waals surface area contributed by atoms with Crippen molar-refractivity contribution in [3.05, 3.63) is 42.2 Å². The molecule has 0 saturated carbocycles. The molecule has 2 amide bonds. The molecule has 0 radical (unpaired) electrons. The van der Waals surface area contributed by atoms with E-state index in [1.165, 1.54) is 0 Å². The van der Waals surface area contributed by atoms with Crippen molar-refractivity contribution in [1.82, 2.24) is 14.8 Å². The van der Waals surface area contributed by atoms with Crippen LogP contribution in [-0.4, -0.2) is 58.8 Å². The fourth-order valence-corrected chi connectivity index (χ4v) is 4.41. The molecule has 6 heteroatoms. The van der Waals surface area contributed by atoms with Crippen molar-refractivity contribution in [3.63, 3.8) is 0 Å². The van der Waals surface area contributed by atoms with Crippen molar-refractivity contribution in [1.29, 1.82) is 0 Å². The number of benzene rings is 1. The first-order valence-corrected chi connectivity index (χ1v) is 9.31. The van der Waals surface area contributed by atoms with Gasteiger partial charge < -0.3 is 15.5 Å². The minimum atomic E-state index is -0.0116. The first kappa shape index (κ1) is 17.0. The van der Waals surface area contributed by atoms with Gasteiger partial charge in [0.15, 0.2) is 0 Å². The summed E-state index contributed by atoms with van der Waals surface area (Å²) >= 11 is 0. The highest BCUT2D eigenvalue weighted by Gasteiger charge is 2.40. The van der Waals surface area contributed by atoms with E-state index in [4.69, 9.17) is 5.73 Å². The van der Waals surface area contributed by atoms with Crippen LogP contribution in [0.2, 0.25) is 0 Å². The number of rotatable bonds is 3. The van der Waals surface area contributed by atoms with Crippen molar-refractivity contribution in [2.24, 2.45) is 11.7 Å². The van der Waals surface area contributed by atoms with Crippen molar-refractivity contribution in [2.75, 3.05) is 26.2 Å². The molecule has 3 heterocycles. The van der Waals surface area contributed by atoms with Gasteiger partial charge in [0.25, 0.3) is 5.91 Å². The summed E-state index contributed by atoms with van der Waals surface area (Å²) in [5.74, 6) is 0.515. The monoisotopic (exact) mass is 352 g/mol. The third-order valence-corrected chi connectivity index (χ3v) is 5.68. The lowest BCUT2D eigenvalue weighted by molar-refractivity contribution is -0.140. The zero-order valence-electron chi connectivity index (χ0n) is 14.8. The minimum Gasteiger partial charge on any atom is -0.338 e. The maximum absolute atomic E-state index is 13.1. The summed E-state index contributed by atoms with van der Waals surface area (Å²) in [7, 11) is 0. The number of pyridine rings is 1. The van der Waals surface area contributed by atoms with Gasteiger partial charge in [-0.3, -0.25) is 14.6 Å². The Morgan fingerprint density at radius 3 is 2.92 bits per heavy atom. The number of amides is 2. The first-order valence-electron chi connectivity index (χ1n) is 9.31. The molecule has 2 aromatic rings. The molecule has 1 aromatic heterocycles. The maximum atomic E-state index is 13.1. The maximum Gasteiger partial charge on any atom is 0.273 e. The third kappa shape index (κ3) is 2.94. The number of likely N-dealkylation sites (tertiary alicyclic amines) is 2. The highest BCUT2D eigenvalue weighted by Crippen LogP contribution is 2.32. The van der Waals surface area contributed by atoms with Crippen LogP contribution < -0.4 is 5.73 Å². The molecule has 136 valence electrons. The zero-order valence-corrected chi connectivity index (χ0v) is 14.8. The van der Waals surface area contributed by atoms with E-state index in [0.717, 1.165) is 23.6 Å². The molecule has 2 N–H and O–H groups in total.